The number of benzene rings is 3. The lowest BCUT2D eigenvalue weighted by Gasteiger charge is -2.17. The highest BCUT2D eigenvalue weighted by Crippen LogP contribution is 2.39. The van der Waals surface area contributed by atoms with Crippen molar-refractivity contribution >= 4 is 19.5 Å². The summed E-state index contributed by atoms with van der Waals surface area (Å²) in [6.45, 7) is 2.16. The van der Waals surface area contributed by atoms with Gasteiger partial charge in [0.2, 0.25) is 7.85 Å². The molecule has 1 fully saturated rings. The number of carbonyl (C=O) groups excluding carboxylic acids is 1. The lowest BCUT2D eigenvalue weighted by atomic mass is 9.95. The summed E-state index contributed by atoms with van der Waals surface area (Å²) in [7, 11) is 1.40. The maximum absolute atomic E-state index is 14.1. The number of hydrogen-bond donors (Lipinski definition) is 2. The van der Waals surface area contributed by atoms with Crippen LogP contribution < -0.4 is 10.9 Å². The Kier molecular flexibility index (Phi) is 7.87. The quantitative estimate of drug-likeness (QED) is 0.178. The minimum Gasteiger partial charge on any atom is -0.320 e. The Morgan fingerprint density at radius 2 is 1.72 bits per heavy atom. The molecule has 196 valence electrons. The molecule has 2 N–H and O–H groups in total. The molecule has 1 aliphatic carbocycles. The maximum atomic E-state index is 14.1. The number of unbranched alkanes of at least 4 members (excludes halogenated alkanes) is 1. The first-order chi connectivity index (χ1) is 19.0. The van der Waals surface area contributed by atoms with Gasteiger partial charge in [-0.15, -0.1) is 0 Å². The number of hydrogen-bond acceptors (Lipinski definition) is 4. The number of amides is 1. The van der Waals surface area contributed by atoms with E-state index < -0.39 is 0 Å². The molecule has 1 aromatic heterocycles. The molecule has 0 spiro atoms. The van der Waals surface area contributed by atoms with Gasteiger partial charge in [-0.3, -0.25) is 19.6 Å². The molecule has 3 aromatic carbocycles. The minimum atomic E-state index is -0.272. The Morgan fingerprint density at radius 3 is 2.38 bits per heavy atom. The second-order valence-electron chi connectivity index (χ2n) is 10.2. The molecule has 5 rings (SSSR count). The first-order valence-corrected chi connectivity index (χ1v) is 13.7. The van der Waals surface area contributed by atoms with Crippen LogP contribution in [0.2, 0.25) is 0 Å². The average Bonchev–Trinajstić information content (AvgIpc) is 3.79. The number of amidine groups is 1. The van der Waals surface area contributed by atoms with Gasteiger partial charge in [0.15, 0.2) is 5.81 Å². The van der Waals surface area contributed by atoms with E-state index in [0.29, 0.717) is 17.9 Å². The van der Waals surface area contributed by atoms with Crippen LogP contribution in [0.4, 0.5) is 4.79 Å². The second-order valence-corrected chi connectivity index (χ2v) is 10.2. The normalized spacial score (nSPS) is 12.7. The van der Waals surface area contributed by atoms with E-state index in [9.17, 15) is 9.59 Å². The predicted octanol–water partition coefficient (Wildman–Crippen LogP) is 5.38. The van der Waals surface area contributed by atoms with Crippen LogP contribution >= 0.6 is 0 Å². The van der Waals surface area contributed by atoms with Gasteiger partial charge in [0.1, 0.15) is 11.7 Å². The van der Waals surface area contributed by atoms with Crippen molar-refractivity contribution in [1.82, 2.24) is 14.9 Å². The fraction of sp³-hybridized carbons (Fsp3) is 0.250. The van der Waals surface area contributed by atoms with E-state index in [1.807, 2.05) is 83.4 Å². The van der Waals surface area contributed by atoms with E-state index in [1.165, 1.54) is 7.85 Å². The number of nitrogens with one attached hydrogen (secondary N) is 2. The van der Waals surface area contributed by atoms with E-state index in [0.717, 1.165) is 71.6 Å². The number of aryl methyl sites for hydroxylation is 1. The molecule has 4 aromatic rings. The molecule has 39 heavy (non-hydrogen) atoms. The van der Waals surface area contributed by atoms with Crippen molar-refractivity contribution in [3.63, 3.8) is 0 Å². The Labute approximate surface area is 230 Å². The maximum Gasteiger partial charge on any atom is 0.261 e. The van der Waals surface area contributed by atoms with Gasteiger partial charge in [-0.2, -0.15) is 0 Å². The zero-order valence-electron chi connectivity index (χ0n) is 22.5. The van der Waals surface area contributed by atoms with Crippen LogP contribution in [0.3, 0.4) is 0 Å². The largest absolute Gasteiger partial charge is 0.320 e. The van der Waals surface area contributed by atoms with Crippen molar-refractivity contribution in [1.29, 1.82) is 5.41 Å². The fourth-order valence-corrected chi connectivity index (χ4v) is 4.99. The smallest absolute Gasteiger partial charge is 0.261 e. The van der Waals surface area contributed by atoms with Crippen LogP contribution in [0.25, 0.3) is 16.8 Å². The minimum absolute atomic E-state index is 0.0300. The summed E-state index contributed by atoms with van der Waals surface area (Å²) in [4.78, 5) is 30.7. The zero-order chi connectivity index (χ0) is 27.4. The number of nitrogens with zero attached hydrogens (tertiary/aromatic N) is 2. The molecule has 1 heterocycles. The van der Waals surface area contributed by atoms with Crippen molar-refractivity contribution in [2.45, 2.75) is 51.4 Å². The van der Waals surface area contributed by atoms with Crippen LogP contribution in [0.15, 0.2) is 83.7 Å². The third-order valence-corrected chi connectivity index (χ3v) is 7.16. The Hall–Kier alpha value is -4.26. The van der Waals surface area contributed by atoms with Crippen LogP contribution in [0.5, 0.6) is 0 Å². The number of rotatable bonds is 9. The van der Waals surface area contributed by atoms with Gasteiger partial charge < -0.3 is 5.32 Å². The van der Waals surface area contributed by atoms with Crippen molar-refractivity contribution in [3.8, 4) is 16.8 Å². The SMILES string of the molecule is BC(=O)NC(=N)c1ccccc1-c1ccc(Cc2c(CCCC)nc(C3CC3)n(-c3ccccc3)c2=O)cc1. The molecule has 1 amide bonds. The van der Waals surface area contributed by atoms with Crippen molar-refractivity contribution in [2.75, 3.05) is 0 Å². The summed E-state index contributed by atoms with van der Waals surface area (Å²) in [6.07, 6.45) is 5.50. The van der Waals surface area contributed by atoms with Crippen LogP contribution in [-0.2, 0) is 12.8 Å². The average molecular weight is 516 g/mol. The third-order valence-electron chi connectivity index (χ3n) is 7.16. The van der Waals surface area contributed by atoms with Gasteiger partial charge in [0.05, 0.1) is 11.4 Å². The van der Waals surface area contributed by atoms with Gasteiger partial charge in [0.25, 0.3) is 5.56 Å². The molecule has 1 saturated carbocycles. The standard InChI is InChI=1S/C32H33BN4O2/c1-2-3-13-28-27(31(38)37(24-9-5-4-6-10-24)30(35-28)23-18-19-23)20-21-14-16-22(17-15-21)25-11-7-8-12-26(25)29(34)36-32(33)39/h4-12,14-17,23H,2-3,13,18-20,33H2,1H3,(H2,34,36,39). The molecule has 0 saturated heterocycles. The molecular formula is C32H33BN4O2. The molecule has 7 heteroatoms. The van der Waals surface area contributed by atoms with Gasteiger partial charge in [-0.25, -0.2) is 4.98 Å². The lowest BCUT2D eigenvalue weighted by Crippen LogP contribution is -2.29. The molecule has 0 atom stereocenters. The molecule has 0 unspecified atom stereocenters. The number of para-hydroxylation sites is 1. The first kappa shape index (κ1) is 26.4. The third kappa shape index (κ3) is 5.93. The first-order valence-electron chi connectivity index (χ1n) is 13.7. The molecule has 0 radical (unpaired) electrons. The van der Waals surface area contributed by atoms with Gasteiger partial charge >= 0.3 is 0 Å². The van der Waals surface area contributed by atoms with Crippen molar-refractivity contribution < 1.29 is 4.79 Å². The second kappa shape index (κ2) is 11.6. The highest BCUT2D eigenvalue weighted by atomic mass is 16.1. The Bertz CT molecular complexity index is 1560. The summed E-state index contributed by atoms with van der Waals surface area (Å²) < 4.78 is 1.83. The van der Waals surface area contributed by atoms with Gasteiger partial charge in [-0.1, -0.05) is 80.1 Å². The summed E-state index contributed by atoms with van der Waals surface area (Å²) in [5.74, 6) is 1.05. The molecule has 0 bridgehead atoms. The predicted molar refractivity (Wildman–Crippen MR) is 159 cm³/mol. The van der Waals surface area contributed by atoms with E-state index in [4.69, 9.17) is 10.4 Å². The summed E-state index contributed by atoms with van der Waals surface area (Å²) in [5, 5.41) is 10.9. The lowest BCUT2D eigenvalue weighted by molar-refractivity contribution is 0.263. The molecule has 0 aliphatic heterocycles. The van der Waals surface area contributed by atoms with Crippen LogP contribution in [-0.4, -0.2) is 29.0 Å². The fourth-order valence-electron chi connectivity index (χ4n) is 4.99. The van der Waals surface area contributed by atoms with E-state index in [1.54, 1.807) is 0 Å². The Balaban J connectivity index is 1.52. The van der Waals surface area contributed by atoms with Crippen molar-refractivity contribution in [2.24, 2.45) is 0 Å². The zero-order valence-corrected chi connectivity index (χ0v) is 22.5. The van der Waals surface area contributed by atoms with Crippen LogP contribution in [0.1, 0.15) is 66.7 Å². The van der Waals surface area contributed by atoms with Crippen molar-refractivity contribution in [3.05, 3.63) is 117 Å². The highest BCUT2D eigenvalue weighted by molar-refractivity contribution is 6.58. The summed E-state index contributed by atoms with van der Waals surface area (Å²) in [6, 6.07) is 25.5. The van der Waals surface area contributed by atoms with E-state index in [2.05, 4.69) is 12.2 Å². The van der Waals surface area contributed by atoms with E-state index in [-0.39, 0.29) is 17.2 Å². The topological polar surface area (TPSA) is 87.8 Å². The number of aromatic nitrogens is 2. The summed E-state index contributed by atoms with van der Waals surface area (Å²) >= 11 is 0. The van der Waals surface area contributed by atoms with Crippen LogP contribution in [0, 0.1) is 5.41 Å². The molecular weight excluding hydrogens is 483 g/mol. The highest BCUT2D eigenvalue weighted by Gasteiger charge is 2.31. The summed E-state index contributed by atoms with van der Waals surface area (Å²) in [5.41, 5.74) is 6.09. The number of carbonyl (C=O) groups is 1. The van der Waals surface area contributed by atoms with Gasteiger partial charge in [-0.05, 0) is 54.5 Å². The van der Waals surface area contributed by atoms with E-state index >= 15 is 0 Å². The Morgan fingerprint density at radius 1 is 1.03 bits per heavy atom. The molecule has 6 nitrogen and oxygen atoms in total. The van der Waals surface area contributed by atoms with Gasteiger partial charge in [0, 0.05) is 23.5 Å². The monoisotopic (exact) mass is 516 g/mol. The molecule has 1 aliphatic rings.